The summed E-state index contributed by atoms with van der Waals surface area (Å²) in [5, 5.41) is 7.49. The number of nitrogens with two attached hydrogens (primary N) is 1. The minimum atomic E-state index is -0.430. The summed E-state index contributed by atoms with van der Waals surface area (Å²) in [5.41, 5.74) is 5.68. The van der Waals surface area contributed by atoms with Crippen LogP contribution in [0.3, 0.4) is 0 Å². The fourth-order valence-electron chi connectivity index (χ4n) is 2.11. The highest BCUT2D eigenvalue weighted by Crippen LogP contribution is 2.27. The van der Waals surface area contributed by atoms with E-state index in [1.165, 1.54) is 6.07 Å². The van der Waals surface area contributed by atoms with Crippen molar-refractivity contribution in [2.45, 2.75) is 19.9 Å². The number of halogens is 1. The Balaban J connectivity index is 2.52. The predicted octanol–water partition coefficient (Wildman–Crippen LogP) is 1.79. The van der Waals surface area contributed by atoms with Gasteiger partial charge in [0.25, 0.3) is 0 Å². The van der Waals surface area contributed by atoms with E-state index in [4.69, 9.17) is 5.84 Å². The fourth-order valence-corrected chi connectivity index (χ4v) is 2.11. The first-order chi connectivity index (χ1) is 8.63. The van der Waals surface area contributed by atoms with Crippen LogP contribution in [-0.2, 0) is 0 Å². The number of hydrogen-bond donors (Lipinski definition) is 2. The Hall–Kier alpha value is -1.85. The molecule has 0 aliphatic heterocycles. The van der Waals surface area contributed by atoms with Gasteiger partial charge in [0.1, 0.15) is 5.82 Å². The van der Waals surface area contributed by atoms with Gasteiger partial charge in [0.2, 0.25) is 0 Å². The number of rotatable bonds is 3. The molecule has 0 amide bonds. The van der Waals surface area contributed by atoms with Gasteiger partial charge in [-0.2, -0.15) is 10.2 Å². The summed E-state index contributed by atoms with van der Waals surface area (Å²) in [6.45, 7) is 3.73. The summed E-state index contributed by atoms with van der Waals surface area (Å²) in [7, 11) is 0. The van der Waals surface area contributed by atoms with Gasteiger partial charge in [-0.3, -0.25) is 5.84 Å². The second kappa shape index (κ2) is 5.20. The molecule has 3 N–H and O–H groups in total. The molecule has 0 saturated carbocycles. The number of nitrogens with one attached hydrogen (secondary N) is 1. The molecule has 1 heterocycles. The smallest absolute Gasteiger partial charge is 0.128 e. The van der Waals surface area contributed by atoms with Gasteiger partial charge in [-0.15, -0.1) is 0 Å². The van der Waals surface area contributed by atoms with Crippen molar-refractivity contribution in [3.8, 4) is 0 Å². The van der Waals surface area contributed by atoms with Crippen LogP contribution in [0.4, 0.5) is 4.39 Å². The lowest BCUT2D eigenvalue weighted by Gasteiger charge is -2.19. The van der Waals surface area contributed by atoms with Crippen LogP contribution < -0.4 is 11.3 Å². The quantitative estimate of drug-likeness (QED) is 0.640. The first-order valence-corrected chi connectivity index (χ1v) is 5.63. The molecule has 2 aromatic rings. The topological polar surface area (TPSA) is 63.8 Å². The number of benzene rings is 1. The minimum absolute atomic E-state index is 0.271. The zero-order valence-electron chi connectivity index (χ0n) is 10.3. The van der Waals surface area contributed by atoms with E-state index in [1.807, 2.05) is 19.9 Å². The summed E-state index contributed by atoms with van der Waals surface area (Å²) in [4.78, 5) is 0. The molecule has 2 rings (SSSR count). The number of nitrogens with zero attached hydrogens (tertiary/aromatic N) is 2. The van der Waals surface area contributed by atoms with E-state index in [2.05, 4.69) is 15.6 Å². The molecule has 1 aromatic carbocycles. The minimum Gasteiger partial charge on any atom is -0.271 e. The van der Waals surface area contributed by atoms with E-state index in [-0.39, 0.29) is 5.82 Å². The molecule has 4 nitrogen and oxygen atoms in total. The molecule has 18 heavy (non-hydrogen) atoms. The van der Waals surface area contributed by atoms with Crippen LogP contribution in [0.25, 0.3) is 0 Å². The predicted molar refractivity (Wildman–Crippen MR) is 67.1 cm³/mol. The van der Waals surface area contributed by atoms with Crippen molar-refractivity contribution in [2.75, 3.05) is 0 Å². The van der Waals surface area contributed by atoms with Crippen molar-refractivity contribution < 1.29 is 4.39 Å². The van der Waals surface area contributed by atoms with Gasteiger partial charge >= 0.3 is 0 Å². The van der Waals surface area contributed by atoms with Crippen LogP contribution in [0.5, 0.6) is 0 Å². The molecular formula is C13H15FN4. The first-order valence-electron chi connectivity index (χ1n) is 5.63. The molecular weight excluding hydrogens is 231 g/mol. The van der Waals surface area contributed by atoms with Crippen molar-refractivity contribution >= 4 is 0 Å². The largest absolute Gasteiger partial charge is 0.271 e. The fraction of sp³-hybridized carbons (Fsp3) is 0.231. The highest BCUT2D eigenvalue weighted by atomic mass is 19.1. The van der Waals surface area contributed by atoms with E-state index in [9.17, 15) is 4.39 Å². The maximum Gasteiger partial charge on any atom is 0.128 e. The maximum absolute atomic E-state index is 14.1. The van der Waals surface area contributed by atoms with Crippen molar-refractivity contribution in [3.63, 3.8) is 0 Å². The van der Waals surface area contributed by atoms with Gasteiger partial charge < -0.3 is 0 Å². The van der Waals surface area contributed by atoms with Crippen molar-refractivity contribution in [2.24, 2.45) is 5.84 Å². The molecule has 94 valence electrons. The molecule has 0 radical (unpaired) electrons. The summed E-state index contributed by atoms with van der Waals surface area (Å²) in [5.74, 6) is 5.28. The Kier molecular flexibility index (Phi) is 3.64. The standard InChI is InChI=1S/C13H15FN4/c1-8-5-9(2)12(11(14)6-8)13(18-15)10-3-4-16-17-7-10/h3-7,13,18H,15H2,1-2H3. The number of aryl methyl sites for hydroxylation is 2. The highest BCUT2D eigenvalue weighted by molar-refractivity contribution is 5.39. The molecule has 1 aromatic heterocycles. The van der Waals surface area contributed by atoms with Crippen molar-refractivity contribution in [1.82, 2.24) is 15.6 Å². The molecule has 0 fully saturated rings. The van der Waals surface area contributed by atoms with Crippen LogP contribution in [0, 0.1) is 19.7 Å². The second-order valence-corrected chi connectivity index (χ2v) is 4.25. The summed E-state index contributed by atoms with van der Waals surface area (Å²) in [6.07, 6.45) is 3.13. The lowest BCUT2D eigenvalue weighted by molar-refractivity contribution is 0.554. The SMILES string of the molecule is Cc1cc(C)c(C(NN)c2ccnnc2)c(F)c1. The van der Waals surface area contributed by atoms with Crippen LogP contribution in [0.2, 0.25) is 0 Å². The Labute approximate surface area is 105 Å². The van der Waals surface area contributed by atoms with E-state index in [0.717, 1.165) is 16.7 Å². The molecule has 1 atom stereocenters. The monoisotopic (exact) mass is 246 g/mol. The third-order valence-electron chi connectivity index (χ3n) is 2.88. The van der Waals surface area contributed by atoms with Gasteiger partial charge in [0.05, 0.1) is 12.2 Å². The van der Waals surface area contributed by atoms with E-state index in [1.54, 1.807) is 18.5 Å². The normalized spacial score (nSPS) is 12.4. The van der Waals surface area contributed by atoms with Gasteiger partial charge in [-0.05, 0) is 42.7 Å². The van der Waals surface area contributed by atoms with Gasteiger partial charge in [0.15, 0.2) is 0 Å². The lowest BCUT2D eigenvalue weighted by Crippen LogP contribution is -2.30. The number of aromatic nitrogens is 2. The van der Waals surface area contributed by atoms with Crippen LogP contribution in [0.1, 0.15) is 28.3 Å². The zero-order valence-corrected chi connectivity index (χ0v) is 10.3. The summed E-state index contributed by atoms with van der Waals surface area (Å²) < 4.78 is 14.1. The number of hydrazine groups is 1. The zero-order chi connectivity index (χ0) is 13.1. The van der Waals surface area contributed by atoms with Crippen LogP contribution >= 0.6 is 0 Å². The van der Waals surface area contributed by atoms with E-state index in [0.29, 0.717) is 5.56 Å². The lowest BCUT2D eigenvalue weighted by atomic mass is 9.95. The average Bonchev–Trinajstić information content (AvgIpc) is 2.34. The van der Waals surface area contributed by atoms with E-state index < -0.39 is 6.04 Å². The Morgan fingerprint density at radius 3 is 2.61 bits per heavy atom. The summed E-state index contributed by atoms with van der Waals surface area (Å²) >= 11 is 0. The number of hydrogen-bond acceptors (Lipinski definition) is 4. The molecule has 0 aliphatic carbocycles. The molecule has 5 heteroatoms. The average molecular weight is 246 g/mol. The van der Waals surface area contributed by atoms with E-state index >= 15 is 0 Å². The van der Waals surface area contributed by atoms with Crippen LogP contribution in [-0.4, -0.2) is 10.2 Å². The third kappa shape index (κ3) is 2.37. The second-order valence-electron chi connectivity index (χ2n) is 4.25. The molecule has 0 saturated heterocycles. The van der Waals surface area contributed by atoms with Gasteiger partial charge in [-0.25, -0.2) is 9.82 Å². The molecule has 0 aliphatic rings. The Morgan fingerprint density at radius 1 is 1.28 bits per heavy atom. The molecule has 1 unspecified atom stereocenters. The third-order valence-corrected chi connectivity index (χ3v) is 2.88. The van der Waals surface area contributed by atoms with Crippen LogP contribution in [0.15, 0.2) is 30.6 Å². The molecule has 0 bridgehead atoms. The Morgan fingerprint density at radius 2 is 2.06 bits per heavy atom. The summed E-state index contributed by atoms with van der Waals surface area (Å²) in [6, 6.07) is 4.76. The first kappa shape index (κ1) is 12.6. The van der Waals surface area contributed by atoms with Gasteiger partial charge in [-0.1, -0.05) is 6.07 Å². The van der Waals surface area contributed by atoms with Crippen molar-refractivity contribution in [3.05, 3.63) is 58.7 Å². The highest BCUT2D eigenvalue weighted by Gasteiger charge is 2.19. The van der Waals surface area contributed by atoms with Crippen molar-refractivity contribution in [1.29, 1.82) is 0 Å². The van der Waals surface area contributed by atoms with Gasteiger partial charge in [0, 0.05) is 11.8 Å². The maximum atomic E-state index is 14.1. The molecule has 0 spiro atoms. The Bertz CT molecular complexity index is 519.